The predicted octanol–water partition coefficient (Wildman–Crippen LogP) is 7.80. The number of aryl methyl sites for hydroxylation is 1. The maximum atomic E-state index is 12.1. The van der Waals surface area contributed by atoms with Crippen LogP contribution in [0.3, 0.4) is 0 Å². The monoisotopic (exact) mass is 787 g/mol. The number of aliphatic hydroxyl groups excluding tert-OH is 1. The van der Waals surface area contributed by atoms with Crippen LogP contribution in [0.4, 0.5) is 4.79 Å². The Kier molecular flexibility index (Phi) is 12.8. The first-order chi connectivity index (χ1) is 27.4. The minimum atomic E-state index is -1.35. The summed E-state index contributed by atoms with van der Waals surface area (Å²) in [5.74, 6) is -0.267. The molecule has 0 saturated carbocycles. The van der Waals surface area contributed by atoms with E-state index in [1.165, 1.54) is 13.1 Å². The molecule has 0 aliphatic carbocycles. The lowest BCUT2D eigenvalue weighted by atomic mass is 9.85. The Bertz CT molecular complexity index is 2340. The summed E-state index contributed by atoms with van der Waals surface area (Å²) in [6, 6.07) is 25.8. The van der Waals surface area contributed by atoms with Crippen LogP contribution in [0, 0.1) is 30.6 Å². The van der Waals surface area contributed by atoms with Crippen LogP contribution in [0.5, 0.6) is 11.5 Å². The number of amides is 2. The quantitative estimate of drug-likeness (QED) is 0.0755. The van der Waals surface area contributed by atoms with Crippen LogP contribution in [-0.4, -0.2) is 47.4 Å². The van der Waals surface area contributed by atoms with Gasteiger partial charge in [-0.25, -0.2) is 4.79 Å². The van der Waals surface area contributed by atoms with Gasteiger partial charge in [-0.3, -0.25) is 9.78 Å². The van der Waals surface area contributed by atoms with Gasteiger partial charge in [0.25, 0.3) is 0 Å². The van der Waals surface area contributed by atoms with E-state index in [4.69, 9.17) is 21.1 Å². The van der Waals surface area contributed by atoms with Crippen LogP contribution in [0.1, 0.15) is 63.9 Å². The summed E-state index contributed by atoms with van der Waals surface area (Å²) < 4.78 is 12.6. The van der Waals surface area contributed by atoms with Crippen LogP contribution >= 0.6 is 11.6 Å². The molecule has 5 N–H and O–H groups in total. The van der Waals surface area contributed by atoms with Crippen molar-refractivity contribution in [3.05, 3.63) is 135 Å². The van der Waals surface area contributed by atoms with E-state index in [0.717, 1.165) is 56.6 Å². The fraction of sp³-hybridized carbons (Fsp3) is 0.289. The largest absolute Gasteiger partial charge is 0.488 e. The van der Waals surface area contributed by atoms with Gasteiger partial charge in [0.1, 0.15) is 30.8 Å². The SMILES string of the molecule is CNC(=O)NC1CNCc2cc(-c3cccc(-c4cccc(COc5cc(OCc6cncc(C#N)c6)c(CC[C@@](C)(CO)C(=O)O)cc5Cl)c4C)c3C)ccc21. The van der Waals surface area contributed by atoms with E-state index in [0.29, 0.717) is 39.8 Å². The highest BCUT2D eigenvalue weighted by atomic mass is 35.5. The van der Waals surface area contributed by atoms with Crippen LogP contribution in [0.25, 0.3) is 22.3 Å². The van der Waals surface area contributed by atoms with E-state index in [1.54, 1.807) is 31.4 Å². The molecular weight excluding hydrogens is 742 g/mol. The average molecular weight is 788 g/mol. The van der Waals surface area contributed by atoms with E-state index in [-0.39, 0.29) is 38.1 Å². The molecule has 2 atom stereocenters. The molecule has 6 rings (SSSR count). The number of carbonyl (C=O) groups excluding carboxylic acids is 1. The minimum absolute atomic E-state index is 0.101. The maximum absolute atomic E-state index is 12.1. The Morgan fingerprint density at radius 3 is 2.44 bits per heavy atom. The van der Waals surface area contributed by atoms with Crippen LogP contribution < -0.4 is 25.4 Å². The first-order valence-corrected chi connectivity index (χ1v) is 19.1. The molecule has 1 aliphatic rings. The number of urea groups is 1. The molecule has 1 unspecified atom stereocenters. The van der Waals surface area contributed by atoms with E-state index < -0.39 is 18.0 Å². The molecule has 12 heteroatoms. The Morgan fingerprint density at radius 2 is 1.70 bits per heavy atom. The first-order valence-electron chi connectivity index (χ1n) is 18.7. The third-order valence-electron chi connectivity index (χ3n) is 10.7. The molecule has 1 aliphatic heterocycles. The van der Waals surface area contributed by atoms with Gasteiger partial charge >= 0.3 is 12.0 Å². The Hall–Kier alpha value is -5.93. The standard InChI is InChI=1S/C45H46ClN5O6/c1-27-33(7-5-9-36(27)37-10-6-8-35(28(37)2)31-11-12-38-34(16-31)22-50-23-40(38)51-44(55)48-4)25-57-42-18-41(56-24-30-15-29(19-47)20-49-21-30)32(17-39(42)46)13-14-45(3,26-52)43(53)54/h5-12,15-18,20-21,40,50,52H,13-14,22-26H2,1-4H3,(H,53,54)(H2,48,51,55)/t40?,45-/m0/s1. The van der Waals surface area contributed by atoms with Crippen molar-refractivity contribution in [2.75, 3.05) is 20.2 Å². The van der Waals surface area contributed by atoms with E-state index in [1.807, 2.05) is 12.1 Å². The molecule has 2 amide bonds. The number of aliphatic hydroxyl groups is 1. The number of carbonyl (C=O) groups is 2. The second kappa shape index (κ2) is 17.9. The third kappa shape index (κ3) is 9.21. The number of nitrogens with zero attached hydrogens (tertiary/aromatic N) is 2. The third-order valence-corrected chi connectivity index (χ3v) is 11.0. The molecule has 1 aromatic heterocycles. The topological polar surface area (TPSA) is 166 Å². The number of pyridine rings is 1. The summed E-state index contributed by atoms with van der Waals surface area (Å²) >= 11 is 6.80. The summed E-state index contributed by atoms with van der Waals surface area (Å²) in [5.41, 5.74) is 10.2. The van der Waals surface area contributed by atoms with Crippen LogP contribution in [0.2, 0.25) is 5.02 Å². The van der Waals surface area contributed by atoms with Gasteiger partial charge in [0.05, 0.1) is 28.6 Å². The number of carboxylic acid groups (broad SMARTS) is 1. The summed E-state index contributed by atoms with van der Waals surface area (Å²) in [4.78, 5) is 28.1. The molecule has 2 heterocycles. The molecule has 4 aromatic carbocycles. The van der Waals surface area contributed by atoms with Gasteiger partial charge in [0, 0.05) is 44.2 Å². The van der Waals surface area contributed by atoms with Crippen molar-refractivity contribution < 1.29 is 29.3 Å². The highest BCUT2D eigenvalue weighted by Crippen LogP contribution is 2.39. The number of carboxylic acids is 1. The zero-order valence-electron chi connectivity index (χ0n) is 32.4. The summed E-state index contributed by atoms with van der Waals surface area (Å²) in [5, 5.41) is 38.3. The highest BCUT2D eigenvalue weighted by molar-refractivity contribution is 6.32. The van der Waals surface area contributed by atoms with Crippen molar-refractivity contribution in [1.82, 2.24) is 20.9 Å². The van der Waals surface area contributed by atoms with Crippen molar-refractivity contribution in [1.29, 1.82) is 5.26 Å². The lowest BCUT2D eigenvalue weighted by Crippen LogP contribution is -2.42. The van der Waals surface area contributed by atoms with Gasteiger partial charge in [0.15, 0.2) is 0 Å². The first kappa shape index (κ1) is 40.7. The lowest BCUT2D eigenvalue weighted by molar-refractivity contribution is -0.150. The molecule has 0 fully saturated rings. The lowest BCUT2D eigenvalue weighted by Gasteiger charge is -2.28. The number of aliphatic carboxylic acids is 1. The van der Waals surface area contributed by atoms with Crippen molar-refractivity contribution >= 4 is 23.6 Å². The molecule has 294 valence electrons. The van der Waals surface area contributed by atoms with Crippen molar-refractivity contribution in [3.63, 3.8) is 0 Å². The number of rotatable bonds is 14. The molecule has 0 spiro atoms. The molecule has 0 bridgehead atoms. The van der Waals surface area contributed by atoms with Gasteiger partial charge in [-0.05, 0) is 107 Å². The number of nitriles is 1. The van der Waals surface area contributed by atoms with Gasteiger partial charge in [0.2, 0.25) is 0 Å². The van der Waals surface area contributed by atoms with E-state index >= 15 is 0 Å². The fourth-order valence-corrected chi connectivity index (χ4v) is 7.32. The van der Waals surface area contributed by atoms with Gasteiger partial charge < -0.3 is 35.6 Å². The summed E-state index contributed by atoms with van der Waals surface area (Å²) in [6.45, 7) is 6.89. The Labute approximate surface area is 337 Å². The number of ether oxygens (including phenoxy) is 2. The predicted molar refractivity (Wildman–Crippen MR) is 219 cm³/mol. The number of fused-ring (bicyclic) bond motifs is 1. The molecular formula is C45H46ClN5O6. The van der Waals surface area contributed by atoms with Crippen molar-refractivity contribution in [3.8, 4) is 39.8 Å². The van der Waals surface area contributed by atoms with Crippen molar-refractivity contribution in [2.45, 2.75) is 59.4 Å². The molecule has 0 saturated heterocycles. The second-order valence-corrected chi connectivity index (χ2v) is 15.0. The summed E-state index contributed by atoms with van der Waals surface area (Å²) in [6.07, 6.45) is 3.50. The number of benzene rings is 4. The normalized spacial score (nSPS) is 14.4. The van der Waals surface area contributed by atoms with Crippen molar-refractivity contribution in [2.24, 2.45) is 5.41 Å². The Morgan fingerprint density at radius 1 is 0.965 bits per heavy atom. The molecule has 11 nitrogen and oxygen atoms in total. The fourth-order valence-electron chi connectivity index (χ4n) is 7.08. The number of hydrogen-bond acceptors (Lipinski definition) is 8. The van der Waals surface area contributed by atoms with Crippen LogP contribution in [0.15, 0.2) is 85.2 Å². The maximum Gasteiger partial charge on any atom is 0.315 e. The van der Waals surface area contributed by atoms with E-state index in [2.05, 4.69) is 83.3 Å². The van der Waals surface area contributed by atoms with Gasteiger partial charge in [-0.1, -0.05) is 60.1 Å². The number of aromatic nitrogens is 1. The van der Waals surface area contributed by atoms with Gasteiger partial charge in [-0.15, -0.1) is 0 Å². The molecule has 57 heavy (non-hydrogen) atoms. The van der Waals surface area contributed by atoms with E-state index in [9.17, 15) is 25.1 Å². The second-order valence-electron chi connectivity index (χ2n) is 14.6. The van der Waals surface area contributed by atoms with Gasteiger partial charge in [-0.2, -0.15) is 5.26 Å². The smallest absolute Gasteiger partial charge is 0.315 e. The number of hydrogen-bond donors (Lipinski definition) is 5. The Balaban J connectivity index is 1.25. The zero-order valence-corrected chi connectivity index (χ0v) is 33.2. The number of nitrogens with one attached hydrogen (secondary N) is 3. The molecule has 5 aromatic rings. The average Bonchev–Trinajstić information content (AvgIpc) is 3.22. The minimum Gasteiger partial charge on any atom is -0.488 e. The highest BCUT2D eigenvalue weighted by Gasteiger charge is 2.32. The molecule has 0 radical (unpaired) electrons. The zero-order chi connectivity index (χ0) is 40.7. The van der Waals surface area contributed by atoms with Crippen LogP contribution in [-0.2, 0) is 31.0 Å². The summed E-state index contributed by atoms with van der Waals surface area (Å²) in [7, 11) is 1.61. The number of halogens is 1.